The molecule has 2 nitrogen and oxygen atoms in total. The Morgan fingerprint density at radius 3 is 2.93 bits per heavy atom. The van der Waals surface area contributed by atoms with Crippen molar-refractivity contribution in [1.82, 2.24) is 10.3 Å². The zero-order chi connectivity index (χ0) is 11.1. The number of nitrogens with zero attached hydrogens (tertiary/aromatic N) is 1. The molecule has 0 saturated carbocycles. The van der Waals surface area contributed by atoms with E-state index >= 15 is 0 Å². The van der Waals surface area contributed by atoms with Crippen molar-refractivity contribution in [1.29, 1.82) is 0 Å². The van der Waals surface area contributed by atoms with Crippen molar-refractivity contribution in [2.45, 2.75) is 33.2 Å². The van der Waals surface area contributed by atoms with E-state index in [-0.39, 0.29) is 0 Å². The zero-order valence-electron chi connectivity index (χ0n) is 9.46. The molecule has 0 aliphatic carbocycles. The SMILES string of the molecule is CC(C)CCCNCc1cccnc1Cl. The van der Waals surface area contributed by atoms with Gasteiger partial charge in [-0.3, -0.25) is 0 Å². The summed E-state index contributed by atoms with van der Waals surface area (Å²) in [5.41, 5.74) is 1.07. The molecule has 1 aromatic heterocycles. The maximum atomic E-state index is 5.94. The van der Waals surface area contributed by atoms with E-state index in [0.717, 1.165) is 24.6 Å². The van der Waals surface area contributed by atoms with Crippen LogP contribution < -0.4 is 5.32 Å². The highest BCUT2D eigenvalue weighted by atomic mass is 35.5. The van der Waals surface area contributed by atoms with E-state index in [1.165, 1.54) is 12.8 Å². The van der Waals surface area contributed by atoms with Crippen molar-refractivity contribution in [3.05, 3.63) is 29.0 Å². The lowest BCUT2D eigenvalue weighted by atomic mass is 10.1. The van der Waals surface area contributed by atoms with Gasteiger partial charge in [-0.2, -0.15) is 0 Å². The molecule has 0 aliphatic heterocycles. The summed E-state index contributed by atoms with van der Waals surface area (Å²) in [6, 6.07) is 3.92. The smallest absolute Gasteiger partial charge is 0.133 e. The first-order valence-electron chi connectivity index (χ1n) is 5.50. The number of aromatic nitrogens is 1. The Morgan fingerprint density at radius 1 is 1.47 bits per heavy atom. The molecular weight excluding hydrogens is 208 g/mol. The minimum Gasteiger partial charge on any atom is -0.313 e. The molecule has 0 atom stereocenters. The highest BCUT2D eigenvalue weighted by Crippen LogP contribution is 2.10. The van der Waals surface area contributed by atoms with Gasteiger partial charge in [0.05, 0.1) is 0 Å². The molecule has 0 unspecified atom stereocenters. The Hall–Kier alpha value is -0.600. The second kappa shape index (κ2) is 6.81. The van der Waals surface area contributed by atoms with Crippen LogP contribution in [0.3, 0.4) is 0 Å². The average Bonchev–Trinajstić information content (AvgIpc) is 2.20. The summed E-state index contributed by atoms with van der Waals surface area (Å²) in [5, 5.41) is 3.98. The number of pyridine rings is 1. The Balaban J connectivity index is 2.18. The molecule has 1 rings (SSSR count). The third-order valence-electron chi connectivity index (χ3n) is 2.29. The molecule has 0 amide bonds. The van der Waals surface area contributed by atoms with E-state index in [0.29, 0.717) is 5.15 Å². The fraction of sp³-hybridized carbons (Fsp3) is 0.583. The van der Waals surface area contributed by atoms with Crippen molar-refractivity contribution in [3.8, 4) is 0 Å². The summed E-state index contributed by atoms with van der Waals surface area (Å²) >= 11 is 5.94. The van der Waals surface area contributed by atoms with Gasteiger partial charge in [-0.05, 0) is 31.4 Å². The summed E-state index contributed by atoms with van der Waals surface area (Å²) in [7, 11) is 0. The quantitative estimate of drug-likeness (QED) is 0.595. The van der Waals surface area contributed by atoms with Crippen LogP contribution in [-0.4, -0.2) is 11.5 Å². The molecular formula is C12H19ClN2. The second-order valence-electron chi connectivity index (χ2n) is 4.17. The summed E-state index contributed by atoms with van der Waals surface area (Å²) < 4.78 is 0. The van der Waals surface area contributed by atoms with Gasteiger partial charge in [-0.25, -0.2) is 4.98 Å². The molecule has 3 heteroatoms. The third kappa shape index (κ3) is 5.14. The Bertz CT molecular complexity index is 287. The molecule has 15 heavy (non-hydrogen) atoms. The molecule has 1 N–H and O–H groups in total. The van der Waals surface area contributed by atoms with E-state index in [2.05, 4.69) is 24.1 Å². The van der Waals surface area contributed by atoms with Crippen molar-refractivity contribution in [2.75, 3.05) is 6.54 Å². The molecule has 0 fully saturated rings. The van der Waals surface area contributed by atoms with Crippen LogP contribution in [0.4, 0.5) is 0 Å². The van der Waals surface area contributed by atoms with Gasteiger partial charge in [0.15, 0.2) is 0 Å². The molecule has 0 saturated heterocycles. The highest BCUT2D eigenvalue weighted by molar-refractivity contribution is 6.30. The summed E-state index contributed by atoms with van der Waals surface area (Å²) in [6.45, 7) is 6.35. The molecule has 0 aromatic carbocycles. The van der Waals surface area contributed by atoms with E-state index in [1.54, 1.807) is 6.20 Å². The van der Waals surface area contributed by atoms with Crippen LogP contribution >= 0.6 is 11.6 Å². The number of halogens is 1. The standard InChI is InChI=1S/C12H19ClN2/c1-10(2)5-3-7-14-9-11-6-4-8-15-12(11)13/h4,6,8,10,14H,3,5,7,9H2,1-2H3. The highest BCUT2D eigenvalue weighted by Gasteiger charge is 1.99. The van der Waals surface area contributed by atoms with Crippen LogP contribution in [0.1, 0.15) is 32.3 Å². The summed E-state index contributed by atoms with van der Waals surface area (Å²) in [5.74, 6) is 0.786. The molecule has 84 valence electrons. The van der Waals surface area contributed by atoms with E-state index < -0.39 is 0 Å². The van der Waals surface area contributed by atoms with Crippen LogP contribution in [0, 0.1) is 5.92 Å². The number of hydrogen-bond donors (Lipinski definition) is 1. The predicted octanol–water partition coefficient (Wildman–Crippen LogP) is 3.26. The maximum Gasteiger partial charge on any atom is 0.133 e. The fourth-order valence-electron chi connectivity index (χ4n) is 1.41. The minimum atomic E-state index is 0.605. The van der Waals surface area contributed by atoms with Gasteiger partial charge < -0.3 is 5.32 Å². The van der Waals surface area contributed by atoms with Gasteiger partial charge in [-0.15, -0.1) is 0 Å². The molecule has 0 aliphatic rings. The van der Waals surface area contributed by atoms with Crippen molar-refractivity contribution in [2.24, 2.45) is 5.92 Å². The normalized spacial score (nSPS) is 10.9. The monoisotopic (exact) mass is 226 g/mol. The van der Waals surface area contributed by atoms with Gasteiger partial charge in [-0.1, -0.05) is 31.5 Å². The zero-order valence-corrected chi connectivity index (χ0v) is 10.2. The Kier molecular flexibility index (Phi) is 5.66. The predicted molar refractivity (Wildman–Crippen MR) is 65.0 cm³/mol. The van der Waals surface area contributed by atoms with E-state index in [9.17, 15) is 0 Å². The number of nitrogens with one attached hydrogen (secondary N) is 1. The maximum absolute atomic E-state index is 5.94. The third-order valence-corrected chi connectivity index (χ3v) is 2.63. The van der Waals surface area contributed by atoms with Gasteiger partial charge in [0.25, 0.3) is 0 Å². The Morgan fingerprint density at radius 2 is 2.27 bits per heavy atom. The van der Waals surface area contributed by atoms with Crippen LogP contribution in [0.25, 0.3) is 0 Å². The van der Waals surface area contributed by atoms with E-state index in [4.69, 9.17) is 11.6 Å². The van der Waals surface area contributed by atoms with Crippen molar-refractivity contribution in [3.63, 3.8) is 0 Å². The van der Waals surface area contributed by atoms with Gasteiger partial charge in [0.1, 0.15) is 5.15 Å². The topological polar surface area (TPSA) is 24.9 Å². The molecule has 1 heterocycles. The van der Waals surface area contributed by atoms with Crippen molar-refractivity contribution < 1.29 is 0 Å². The lowest BCUT2D eigenvalue weighted by molar-refractivity contribution is 0.527. The average molecular weight is 227 g/mol. The molecule has 0 radical (unpaired) electrons. The van der Waals surface area contributed by atoms with Crippen LogP contribution in [0.15, 0.2) is 18.3 Å². The van der Waals surface area contributed by atoms with E-state index in [1.807, 2.05) is 12.1 Å². The Labute approximate surface area is 97.1 Å². The van der Waals surface area contributed by atoms with Crippen LogP contribution in [0.5, 0.6) is 0 Å². The first-order valence-corrected chi connectivity index (χ1v) is 5.88. The molecule has 0 bridgehead atoms. The van der Waals surface area contributed by atoms with Crippen LogP contribution in [-0.2, 0) is 6.54 Å². The first kappa shape index (κ1) is 12.5. The van der Waals surface area contributed by atoms with Gasteiger partial charge >= 0.3 is 0 Å². The lowest BCUT2D eigenvalue weighted by Crippen LogP contribution is -2.15. The fourth-order valence-corrected chi connectivity index (χ4v) is 1.60. The first-order chi connectivity index (χ1) is 7.20. The minimum absolute atomic E-state index is 0.605. The molecule has 1 aromatic rings. The number of rotatable bonds is 6. The van der Waals surface area contributed by atoms with Gasteiger partial charge in [0.2, 0.25) is 0 Å². The summed E-state index contributed by atoms with van der Waals surface area (Å²) in [4.78, 5) is 4.03. The number of hydrogen-bond acceptors (Lipinski definition) is 2. The molecule has 0 spiro atoms. The van der Waals surface area contributed by atoms with Crippen LogP contribution in [0.2, 0.25) is 5.15 Å². The van der Waals surface area contributed by atoms with Crippen molar-refractivity contribution >= 4 is 11.6 Å². The lowest BCUT2D eigenvalue weighted by Gasteiger charge is -2.07. The largest absolute Gasteiger partial charge is 0.313 e. The van der Waals surface area contributed by atoms with Gasteiger partial charge in [0, 0.05) is 18.3 Å². The summed E-state index contributed by atoms with van der Waals surface area (Å²) in [6.07, 6.45) is 4.20. The second-order valence-corrected chi connectivity index (χ2v) is 4.52.